The summed E-state index contributed by atoms with van der Waals surface area (Å²) in [4.78, 5) is 2.07. The van der Waals surface area contributed by atoms with Gasteiger partial charge in [-0.3, -0.25) is 0 Å². The first-order valence-corrected chi connectivity index (χ1v) is 4.43. The van der Waals surface area contributed by atoms with Crippen molar-refractivity contribution in [2.75, 3.05) is 13.1 Å². The molecule has 3 heteroatoms. The Kier molecular flexibility index (Phi) is 2.93. The van der Waals surface area contributed by atoms with Crippen molar-refractivity contribution in [1.29, 1.82) is 0 Å². The minimum Gasteiger partial charge on any atom is -0.353 e. The predicted octanol–water partition coefficient (Wildman–Crippen LogP) is 2.24. The molecule has 1 rings (SSSR count). The Morgan fingerprint density at radius 1 is 1.50 bits per heavy atom. The quantitative estimate of drug-likeness (QED) is 0.317. The molecular weight excluding hydrogens is 166 g/mol. The molecule has 1 aliphatic heterocycles. The molecule has 0 radical (unpaired) electrons. The Morgan fingerprint density at radius 3 is 2.40 bits per heavy atom. The van der Waals surface area contributed by atoms with Crippen molar-refractivity contribution >= 4 is 28.3 Å². The standard InChI is InChI=1S/C7H12ClNS/c1-6-2-4-9(5-3-6)7(8)10/h6H,2-5H2,1H3. The summed E-state index contributed by atoms with van der Waals surface area (Å²) in [6, 6.07) is 0. The van der Waals surface area contributed by atoms with Crippen LogP contribution in [0.15, 0.2) is 0 Å². The fourth-order valence-electron chi connectivity index (χ4n) is 1.18. The molecule has 0 aromatic heterocycles. The average Bonchev–Trinajstić information content (AvgIpc) is 1.88. The predicted molar refractivity (Wildman–Crippen MR) is 48.4 cm³/mol. The van der Waals surface area contributed by atoms with Crippen LogP contribution in [0.2, 0.25) is 0 Å². The van der Waals surface area contributed by atoms with Crippen LogP contribution in [0.3, 0.4) is 0 Å². The second-order valence-corrected chi connectivity index (χ2v) is 3.89. The number of likely N-dealkylation sites (tertiary alicyclic amines) is 1. The molecule has 0 bridgehead atoms. The Bertz CT molecular complexity index is 130. The van der Waals surface area contributed by atoms with Crippen LogP contribution < -0.4 is 0 Å². The largest absolute Gasteiger partial charge is 0.353 e. The van der Waals surface area contributed by atoms with Gasteiger partial charge in [-0.1, -0.05) is 18.5 Å². The number of halogens is 1. The molecule has 0 saturated carbocycles. The van der Waals surface area contributed by atoms with Crippen molar-refractivity contribution in [3.63, 3.8) is 0 Å². The molecule has 0 amide bonds. The van der Waals surface area contributed by atoms with Crippen molar-refractivity contribution in [3.05, 3.63) is 0 Å². The average molecular weight is 178 g/mol. The van der Waals surface area contributed by atoms with Gasteiger partial charge in [0.15, 0.2) is 4.45 Å². The number of rotatable bonds is 0. The summed E-state index contributed by atoms with van der Waals surface area (Å²) in [7, 11) is 0. The van der Waals surface area contributed by atoms with E-state index in [0.717, 1.165) is 19.0 Å². The fraction of sp³-hybridized carbons (Fsp3) is 0.857. The summed E-state index contributed by atoms with van der Waals surface area (Å²) in [5.41, 5.74) is 0. The van der Waals surface area contributed by atoms with Crippen LogP contribution in [0.1, 0.15) is 19.8 Å². The molecule has 10 heavy (non-hydrogen) atoms. The third-order valence-electron chi connectivity index (χ3n) is 2.03. The van der Waals surface area contributed by atoms with Gasteiger partial charge >= 0.3 is 0 Å². The van der Waals surface area contributed by atoms with E-state index in [9.17, 15) is 0 Å². The van der Waals surface area contributed by atoms with E-state index >= 15 is 0 Å². The molecule has 1 heterocycles. The normalized spacial score (nSPS) is 21.2. The van der Waals surface area contributed by atoms with Gasteiger partial charge in [-0.2, -0.15) is 0 Å². The van der Waals surface area contributed by atoms with Crippen molar-refractivity contribution < 1.29 is 0 Å². The van der Waals surface area contributed by atoms with Gasteiger partial charge < -0.3 is 4.90 Å². The maximum absolute atomic E-state index is 5.66. The zero-order chi connectivity index (χ0) is 7.56. The molecule has 0 atom stereocenters. The lowest BCUT2D eigenvalue weighted by Gasteiger charge is -2.29. The summed E-state index contributed by atoms with van der Waals surface area (Å²) >= 11 is 10.5. The zero-order valence-corrected chi connectivity index (χ0v) is 7.71. The van der Waals surface area contributed by atoms with Crippen molar-refractivity contribution in [2.24, 2.45) is 5.92 Å². The third kappa shape index (κ3) is 2.10. The van der Waals surface area contributed by atoms with Crippen molar-refractivity contribution in [1.82, 2.24) is 4.90 Å². The molecule has 0 aromatic rings. The fourth-order valence-corrected chi connectivity index (χ4v) is 1.54. The van der Waals surface area contributed by atoms with Crippen LogP contribution in [0.25, 0.3) is 0 Å². The van der Waals surface area contributed by atoms with E-state index in [1.54, 1.807) is 0 Å². The van der Waals surface area contributed by atoms with Crippen LogP contribution in [0.5, 0.6) is 0 Å². The van der Waals surface area contributed by atoms with Crippen LogP contribution >= 0.6 is 23.8 Å². The molecule has 0 spiro atoms. The molecule has 1 fully saturated rings. The van der Waals surface area contributed by atoms with E-state index in [2.05, 4.69) is 11.8 Å². The molecule has 1 saturated heterocycles. The van der Waals surface area contributed by atoms with Gasteiger partial charge in [-0.25, -0.2) is 0 Å². The second-order valence-electron chi connectivity index (χ2n) is 2.92. The maximum Gasteiger partial charge on any atom is 0.169 e. The van der Waals surface area contributed by atoms with Gasteiger partial charge in [0.05, 0.1) is 0 Å². The van der Waals surface area contributed by atoms with Crippen molar-refractivity contribution in [3.8, 4) is 0 Å². The van der Waals surface area contributed by atoms with E-state index in [0.29, 0.717) is 4.45 Å². The molecule has 0 unspecified atom stereocenters. The number of piperidine rings is 1. The minimum absolute atomic E-state index is 0.534. The monoisotopic (exact) mass is 177 g/mol. The first kappa shape index (κ1) is 8.28. The first-order valence-electron chi connectivity index (χ1n) is 3.64. The van der Waals surface area contributed by atoms with E-state index < -0.39 is 0 Å². The molecule has 0 aromatic carbocycles. The van der Waals surface area contributed by atoms with E-state index in [1.807, 2.05) is 0 Å². The topological polar surface area (TPSA) is 3.24 Å². The lowest BCUT2D eigenvalue weighted by atomic mass is 10.00. The lowest BCUT2D eigenvalue weighted by molar-refractivity contribution is 0.287. The summed E-state index contributed by atoms with van der Waals surface area (Å²) in [5.74, 6) is 0.849. The molecule has 0 aliphatic carbocycles. The molecule has 0 N–H and O–H groups in total. The molecule has 1 nitrogen and oxygen atoms in total. The van der Waals surface area contributed by atoms with Crippen molar-refractivity contribution in [2.45, 2.75) is 19.8 Å². The van der Waals surface area contributed by atoms with E-state index in [4.69, 9.17) is 23.8 Å². The second kappa shape index (κ2) is 3.54. The Morgan fingerprint density at radius 2 is 2.00 bits per heavy atom. The van der Waals surface area contributed by atoms with Crippen LogP contribution in [-0.4, -0.2) is 22.4 Å². The lowest BCUT2D eigenvalue weighted by Crippen LogP contribution is -2.34. The summed E-state index contributed by atoms with van der Waals surface area (Å²) in [6.07, 6.45) is 2.46. The Hall–Kier alpha value is 0.180. The molecule has 1 aliphatic rings. The minimum atomic E-state index is 0.534. The van der Waals surface area contributed by atoms with Gasteiger partial charge in [-0.15, -0.1) is 0 Å². The third-order valence-corrected chi connectivity index (χ3v) is 2.53. The van der Waals surface area contributed by atoms with Gasteiger partial charge in [0.1, 0.15) is 0 Å². The summed E-state index contributed by atoms with van der Waals surface area (Å²) in [5, 5.41) is 0. The Labute approximate surface area is 72.3 Å². The van der Waals surface area contributed by atoms with Gasteiger partial charge in [0, 0.05) is 13.1 Å². The van der Waals surface area contributed by atoms with Gasteiger partial charge in [0.2, 0.25) is 0 Å². The van der Waals surface area contributed by atoms with Crippen LogP contribution in [-0.2, 0) is 0 Å². The number of nitrogens with zero attached hydrogens (tertiary/aromatic N) is 1. The Balaban J connectivity index is 2.33. The van der Waals surface area contributed by atoms with E-state index in [1.165, 1.54) is 12.8 Å². The molecular formula is C7H12ClNS. The zero-order valence-electron chi connectivity index (χ0n) is 6.14. The van der Waals surface area contributed by atoms with Crippen LogP contribution in [0.4, 0.5) is 0 Å². The summed E-state index contributed by atoms with van der Waals surface area (Å²) < 4.78 is 0.534. The maximum atomic E-state index is 5.66. The SMILES string of the molecule is CC1CCN(C(=S)Cl)CC1. The number of thiocarbonyl (C=S) groups is 1. The highest BCUT2D eigenvalue weighted by atomic mass is 35.5. The first-order chi connectivity index (χ1) is 4.70. The smallest absolute Gasteiger partial charge is 0.169 e. The highest BCUT2D eigenvalue weighted by molar-refractivity contribution is 7.83. The van der Waals surface area contributed by atoms with E-state index in [-0.39, 0.29) is 0 Å². The molecule has 58 valence electrons. The summed E-state index contributed by atoms with van der Waals surface area (Å²) in [6.45, 7) is 4.36. The number of hydrogen-bond donors (Lipinski definition) is 0. The highest BCUT2D eigenvalue weighted by Gasteiger charge is 2.15. The van der Waals surface area contributed by atoms with Gasteiger partial charge in [0.25, 0.3) is 0 Å². The number of hydrogen-bond acceptors (Lipinski definition) is 1. The van der Waals surface area contributed by atoms with Gasteiger partial charge in [-0.05, 0) is 31.0 Å². The highest BCUT2D eigenvalue weighted by Crippen LogP contribution is 2.16. The van der Waals surface area contributed by atoms with Crippen LogP contribution in [0, 0.1) is 5.92 Å².